The van der Waals surface area contributed by atoms with Crippen molar-refractivity contribution in [3.05, 3.63) is 46.8 Å². The number of nitrogens with zero attached hydrogens (tertiary/aromatic N) is 2. The Labute approximate surface area is 108 Å². The van der Waals surface area contributed by atoms with Gasteiger partial charge in [-0.3, -0.25) is 4.98 Å². The summed E-state index contributed by atoms with van der Waals surface area (Å²) < 4.78 is 11.4. The summed E-state index contributed by atoms with van der Waals surface area (Å²) in [6.07, 6.45) is 3.35. The van der Waals surface area contributed by atoms with Gasteiger partial charge in [0.05, 0.1) is 19.0 Å². The zero-order valence-electron chi connectivity index (χ0n) is 9.26. The number of pyridine rings is 2. The molecule has 0 spiro atoms. The molecule has 0 radical (unpaired) electrons. The second kappa shape index (κ2) is 5.63. The van der Waals surface area contributed by atoms with Crippen molar-refractivity contribution < 1.29 is 9.47 Å². The Hall–Kier alpha value is -1.62. The zero-order chi connectivity index (χ0) is 12.1. The monoisotopic (exact) mass is 294 g/mol. The van der Waals surface area contributed by atoms with Crippen molar-refractivity contribution in [1.29, 1.82) is 0 Å². The van der Waals surface area contributed by atoms with Gasteiger partial charge in [0.1, 0.15) is 12.4 Å². The number of aromatic nitrogens is 2. The van der Waals surface area contributed by atoms with Crippen LogP contribution in [0.4, 0.5) is 0 Å². The molecule has 0 N–H and O–H groups in total. The number of rotatable bonds is 4. The van der Waals surface area contributed by atoms with Crippen LogP contribution in [0.5, 0.6) is 11.6 Å². The summed E-state index contributed by atoms with van der Waals surface area (Å²) in [7, 11) is 1.61. The molecule has 0 atom stereocenters. The van der Waals surface area contributed by atoms with Crippen LogP contribution in [0, 0.1) is 0 Å². The van der Waals surface area contributed by atoms with Crippen molar-refractivity contribution in [2.45, 2.75) is 6.61 Å². The lowest BCUT2D eigenvalue weighted by Gasteiger charge is -2.05. The molecule has 0 aromatic carbocycles. The molecule has 2 aromatic heterocycles. The van der Waals surface area contributed by atoms with Crippen LogP contribution in [0.2, 0.25) is 0 Å². The summed E-state index contributed by atoms with van der Waals surface area (Å²) in [5.41, 5.74) is 0.829. The van der Waals surface area contributed by atoms with Gasteiger partial charge in [-0.05, 0) is 34.1 Å². The van der Waals surface area contributed by atoms with E-state index in [9.17, 15) is 0 Å². The summed E-state index contributed by atoms with van der Waals surface area (Å²) in [5, 5.41) is 0. The molecule has 17 heavy (non-hydrogen) atoms. The average Bonchev–Trinajstić information content (AvgIpc) is 2.39. The van der Waals surface area contributed by atoms with Crippen LogP contribution in [-0.4, -0.2) is 17.1 Å². The molecule has 5 heteroatoms. The highest BCUT2D eigenvalue weighted by molar-refractivity contribution is 9.10. The fraction of sp³-hybridized carbons (Fsp3) is 0.167. The van der Waals surface area contributed by atoms with E-state index in [1.54, 1.807) is 25.6 Å². The smallest absolute Gasteiger partial charge is 0.213 e. The number of hydrogen-bond acceptors (Lipinski definition) is 4. The fourth-order valence-electron chi connectivity index (χ4n) is 1.21. The van der Waals surface area contributed by atoms with Crippen molar-refractivity contribution in [1.82, 2.24) is 9.97 Å². The predicted molar refractivity (Wildman–Crippen MR) is 67.1 cm³/mol. The third kappa shape index (κ3) is 3.42. The molecule has 0 saturated heterocycles. The number of methoxy groups -OCH3 is 1. The molecule has 0 unspecified atom stereocenters. The standard InChI is InChI=1S/C12H11BrN2O2/c1-16-11-4-3-10(14-7-11)8-17-12-5-2-9(13)6-15-12/h2-7H,8H2,1H3. The second-order valence-electron chi connectivity index (χ2n) is 3.29. The summed E-state index contributed by atoms with van der Waals surface area (Å²) in [5.74, 6) is 1.31. The van der Waals surface area contributed by atoms with Crippen LogP contribution in [0.25, 0.3) is 0 Å². The lowest BCUT2D eigenvalue weighted by atomic mass is 10.3. The Morgan fingerprint density at radius 2 is 2.00 bits per heavy atom. The SMILES string of the molecule is COc1ccc(COc2ccc(Br)cn2)nc1. The van der Waals surface area contributed by atoms with E-state index < -0.39 is 0 Å². The summed E-state index contributed by atoms with van der Waals surface area (Å²) in [6, 6.07) is 7.38. The Morgan fingerprint density at radius 3 is 2.59 bits per heavy atom. The van der Waals surface area contributed by atoms with Gasteiger partial charge in [0, 0.05) is 16.7 Å². The molecule has 2 heterocycles. The van der Waals surface area contributed by atoms with Crippen LogP contribution < -0.4 is 9.47 Å². The van der Waals surface area contributed by atoms with E-state index in [-0.39, 0.29) is 0 Å². The van der Waals surface area contributed by atoms with E-state index >= 15 is 0 Å². The maximum Gasteiger partial charge on any atom is 0.213 e. The predicted octanol–water partition coefficient (Wildman–Crippen LogP) is 2.83. The molecule has 88 valence electrons. The quantitative estimate of drug-likeness (QED) is 0.870. The maximum atomic E-state index is 5.49. The Balaban J connectivity index is 1.95. The normalized spacial score (nSPS) is 10.0. The van der Waals surface area contributed by atoms with E-state index in [0.717, 1.165) is 15.9 Å². The van der Waals surface area contributed by atoms with E-state index in [1.807, 2.05) is 18.2 Å². The van der Waals surface area contributed by atoms with Crippen molar-refractivity contribution >= 4 is 15.9 Å². The molecule has 0 amide bonds. The van der Waals surface area contributed by atoms with E-state index in [1.165, 1.54) is 0 Å². The number of hydrogen-bond donors (Lipinski definition) is 0. The molecule has 0 fully saturated rings. The molecule has 0 aliphatic heterocycles. The first kappa shape index (κ1) is 11.9. The molecule has 2 aromatic rings. The fourth-order valence-corrected chi connectivity index (χ4v) is 1.45. The maximum absolute atomic E-state index is 5.49. The summed E-state index contributed by atoms with van der Waals surface area (Å²) in [6.45, 7) is 0.388. The largest absolute Gasteiger partial charge is 0.495 e. The highest BCUT2D eigenvalue weighted by Gasteiger charge is 1.99. The zero-order valence-corrected chi connectivity index (χ0v) is 10.8. The Morgan fingerprint density at radius 1 is 1.12 bits per heavy atom. The third-order valence-corrected chi connectivity index (χ3v) is 2.57. The van der Waals surface area contributed by atoms with Gasteiger partial charge in [-0.1, -0.05) is 0 Å². The average molecular weight is 295 g/mol. The van der Waals surface area contributed by atoms with E-state index in [0.29, 0.717) is 12.5 Å². The molecule has 2 rings (SSSR count). The van der Waals surface area contributed by atoms with Crippen molar-refractivity contribution in [3.8, 4) is 11.6 Å². The molecule has 0 saturated carbocycles. The van der Waals surface area contributed by atoms with Gasteiger partial charge >= 0.3 is 0 Å². The minimum absolute atomic E-state index is 0.388. The first-order chi connectivity index (χ1) is 8.28. The lowest BCUT2D eigenvalue weighted by molar-refractivity contribution is 0.289. The van der Waals surface area contributed by atoms with Gasteiger partial charge in [0.25, 0.3) is 0 Å². The molecular formula is C12H11BrN2O2. The Bertz CT molecular complexity index is 471. The van der Waals surface area contributed by atoms with Crippen LogP contribution in [0.3, 0.4) is 0 Å². The van der Waals surface area contributed by atoms with E-state index in [2.05, 4.69) is 25.9 Å². The minimum atomic E-state index is 0.388. The third-order valence-electron chi connectivity index (χ3n) is 2.10. The first-order valence-electron chi connectivity index (χ1n) is 5.01. The van der Waals surface area contributed by atoms with Crippen LogP contribution in [0.15, 0.2) is 41.1 Å². The lowest BCUT2D eigenvalue weighted by Crippen LogP contribution is -1.99. The van der Waals surface area contributed by atoms with Gasteiger partial charge in [0.15, 0.2) is 0 Å². The first-order valence-corrected chi connectivity index (χ1v) is 5.80. The summed E-state index contributed by atoms with van der Waals surface area (Å²) in [4.78, 5) is 8.30. The molecule has 4 nitrogen and oxygen atoms in total. The molecule has 0 aliphatic carbocycles. The second-order valence-corrected chi connectivity index (χ2v) is 4.21. The van der Waals surface area contributed by atoms with Crippen LogP contribution in [0.1, 0.15) is 5.69 Å². The van der Waals surface area contributed by atoms with Crippen LogP contribution in [-0.2, 0) is 6.61 Å². The number of ether oxygens (including phenoxy) is 2. The highest BCUT2D eigenvalue weighted by Crippen LogP contribution is 2.14. The summed E-state index contributed by atoms with van der Waals surface area (Å²) >= 11 is 3.31. The van der Waals surface area contributed by atoms with Gasteiger partial charge in [-0.25, -0.2) is 4.98 Å². The molecular weight excluding hydrogens is 284 g/mol. The van der Waals surface area contributed by atoms with E-state index in [4.69, 9.17) is 9.47 Å². The number of halogens is 1. The van der Waals surface area contributed by atoms with Crippen molar-refractivity contribution in [2.75, 3.05) is 7.11 Å². The van der Waals surface area contributed by atoms with Gasteiger partial charge < -0.3 is 9.47 Å². The molecule has 0 bridgehead atoms. The van der Waals surface area contributed by atoms with Crippen molar-refractivity contribution in [2.24, 2.45) is 0 Å². The molecule has 0 aliphatic rings. The van der Waals surface area contributed by atoms with Gasteiger partial charge in [-0.15, -0.1) is 0 Å². The Kier molecular flexibility index (Phi) is 3.93. The van der Waals surface area contributed by atoms with Crippen molar-refractivity contribution in [3.63, 3.8) is 0 Å². The highest BCUT2D eigenvalue weighted by atomic mass is 79.9. The topological polar surface area (TPSA) is 44.2 Å². The van der Waals surface area contributed by atoms with Gasteiger partial charge in [-0.2, -0.15) is 0 Å². The van der Waals surface area contributed by atoms with Gasteiger partial charge in [0.2, 0.25) is 5.88 Å². The van der Waals surface area contributed by atoms with Crippen LogP contribution >= 0.6 is 15.9 Å². The minimum Gasteiger partial charge on any atom is -0.495 e.